The molecule has 0 bridgehead atoms. The van der Waals surface area contributed by atoms with Crippen LogP contribution in [0.5, 0.6) is 0 Å². The molecular weight excluding hydrogens is 407 g/mol. The van der Waals surface area contributed by atoms with Gasteiger partial charge in [0.05, 0.1) is 6.54 Å². The average molecular weight is 428 g/mol. The molecule has 124 valence electrons. The molecule has 1 aliphatic rings. The van der Waals surface area contributed by atoms with Crippen molar-refractivity contribution in [1.29, 1.82) is 0 Å². The smallest absolute Gasteiger partial charge is 0.134 e. The van der Waals surface area contributed by atoms with Crippen LogP contribution >= 0.6 is 22.6 Å². The van der Waals surface area contributed by atoms with Crippen LogP contribution in [0.25, 0.3) is 11.0 Å². The van der Waals surface area contributed by atoms with Crippen molar-refractivity contribution in [1.82, 2.24) is 9.80 Å². The van der Waals surface area contributed by atoms with E-state index in [-0.39, 0.29) is 0 Å². The highest BCUT2D eigenvalue weighted by molar-refractivity contribution is 14.1. The van der Waals surface area contributed by atoms with Crippen molar-refractivity contribution in [3.63, 3.8) is 0 Å². The summed E-state index contributed by atoms with van der Waals surface area (Å²) in [5.74, 6) is 1.07. The van der Waals surface area contributed by atoms with Crippen molar-refractivity contribution >= 4 is 33.6 Å². The molecule has 0 atom stereocenters. The first-order chi connectivity index (χ1) is 11.8. The van der Waals surface area contributed by atoms with Gasteiger partial charge in [-0.2, -0.15) is 0 Å². The van der Waals surface area contributed by atoms with Crippen molar-refractivity contribution in [3.05, 3.63) is 69.5 Å². The van der Waals surface area contributed by atoms with E-state index in [0.717, 1.165) is 50.6 Å². The third-order valence-electron chi connectivity index (χ3n) is 4.64. The predicted octanol–water partition coefficient (Wildman–Crippen LogP) is 4.36. The summed E-state index contributed by atoms with van der Waals surface area (Å²) in [6.07, 6.45) is 0. The van der Waals surface area contributed by atoms with Crippen LogP contribution in [-0.4, -0.2) is 36.0 Å². The van der Waals surface area contributed by atoms with E-state index in [4.69, 9.17) is 4.42 Å². The van der Waals surface area contributed by atoms with E-state index >= 15 is 0 Å². The van der Waals surface area contributed by atoms with Gasteiger partial charge in [0.25, 0.3) is 0 Å². The summed E-state index contributed by atoms with van der Waals surface area (Å²) >= 11 is 2.36. The maximum Gasteiger partial charge on any atom is 0.134 e. The fourth-order valence-electron chi connectivity index (χ4n) is 3.29. The van der Waals surface area contributed by atoms with Crippen molar-refractivity contribution in [2.75, 3.05) is 26.2 Å². The monoisotopic (exact) mass is 428 g/mol. The molecule has 0 aliphatic carbocycles. The minimum absolute atomic E-state index is 0.909. The number of para-hydroxylation sites is 1. The van der Waals surface area contributed by atoms with Gasteiger partial charge in [0.15, 0.2) is 0 Å². The molecule has 2 aromatic carbocycles. The van der Waals surface area contributed by atoms with E-state index in [0.29, 0.717) is 0 Å². The Kier molecular flexibility index (Phi) is 4.87. The van der Waals surface area contributed by atoms with Crippen LogP contribution in [0.1, 0.15) is 11.3 Å². The Hall–Kier alpha value is -1.37. The van der Waals surface area contributed by atoms with E-state index in [1.165, 1.54) is 14.5 Å². The topological polar surface area (TPSA) is 19.6 Å². The second-order valence-corrected chi connectivity index (χ2v) is 7.67. The highest BCUT2D eigenvalue weighted by Crippen LogP contribution is 2.20. The molecule has 0 spiro atoms. The number of hydrogen-bond donors (Lipinski definition) is 0. The molecule has 1 saturated heterocycles. The van der Waals surface area contributed by atoms with Crippen LogP contribution in [0.4, 0.5) is 0 Å². The molecule has 0 amide bonds. The Labute approximate surface area is 156 Å². The Morgan fingerprint density at radius 1 is 0.833 bits per heavy atom. The summed E-state index contributed by atoms with van der Waals surface area (Å²) in [6, 6.07) is 19.3. The number of benzene rings is 2. The molecule has 0 saturated carbocycles. The van der Waals surface area contributed by atoms with Gasteiger partial charge in [-0.1, -0.05) is 30.3 Å². The van der Waals surface area contributed by atoms with Gasteiger partial charge in [0, 0.05) is 41.7 Å². The number of hydrogen-bond acceptors (Lipinski definition) is 3. The zero-order chi connectivity index (χ0) is 16.4. The zero-order valence-corrected chi connectivity index (χ0v) is 15.8. The Morgan fingerprint density at radius 2 is 1.50 bits per heavy atom. The van der Waals surface area contributed by atoms with E-state index in [1.54, 1.807) is 0 Å². The number of piperazine rings is 1. The van der Waals surface area contributed by atoms with Crippen LogP contribution < -0.4 is 0 Å². The molecule has 4 heteroatoms. The fraction of sp³-hybridized carbons (Fsp3) is 0.300. The molecule has 1 aromatic heterocycles. The van der Waals surface area contributed by atoms with Crippen LogP contribution in [0.15, 0.2) is 59.0 Å². The second kappa shape index (κ2) is 7.25. The van der Waals surface area contributed by atoms with E-state index in [9.17, 15) is 0 Å². The van der Waals surface area contributed by atoms with Crippen LogP contribution in [0.2, 0.25) is 0 Å². The summed E-state index contributed by atoms with van der Waals surface area (Å²) in [6.45, 7) is 6.39. The van der Waals surface area contributed by atoms with Gasteiger partial charge in [-0.05, 0) is 52.4 Å². The summed E-state index contributed by atoms with van der Waals surface area (Å²) in [7, 11) is 0. The summed E-state index contributed by atoms with van der Waals surface area (Å²) in [5, 5.41) is 1.20. The van der Waals surface area contributed by atoms with Gasteiger partial charge in [-0.3, -0.25) is 9.80 Å². The van der Waals surface area contributed by atoms with Crippen molar-refractivity contribution in [3.8, 4) is 0 Å². The van der Waals surface area contributed by atoms with Gasteiger partial charge >= 0.3 is 0 Å². The van der Waals surface area contributed by atoms with Gasteiger partial charge in [0.1, 0.15) is 11.3 Å². The third kappa shape index (κ3) is 3.82. The van der Waals surface area contributed by atoms with Gasteiger partial charge in [-0.15, -0.1) is 0 Å². The molecule has 24 heavy (non-hydrogen) atoms. The number of fused-ring (bicyclic) bond motifs is 1. The van der Waals surface area contributed by atoms with Crippen LogP contribution in [0.3, 0.4) is 0 Å². The molecule has 3 aromatic rings. The molecule has 4 rings (SSSR count). The summed E-state index contributed by atoms with van der Waals surface area (Å²) in [5.41, 5.74) is 2.39. The standard InChI is InChI=1S/C20H21IN2O/c21-18-7-5-16(6-8-18)14-22-9-11-23(12-10-22)15-19-13-17-3-1-2-4-20(17)24-19/h1-8,13H,9-12,14-15H2/i21-4. The Balaban J connectivity index is 1.31. The number of rotatable bonds is 4. The molecule has 3 nitrogen and oxygen atoms in total. The van der Waals surface area contributed by atoms with Gasteiger partial charge in [0.2, 0.25) is 0 Å². The van der Waals surface area contributed by atoms with E-state index in [2.05, 4.69) is 74.9 Å². The first-order valence-corrected chi connectivity index (χ1v) is 9.51. The zero-order valence-electron chi connectivity index (χ0n) is 13.6. The van der Waals surface area contributed by atoms with Crippen molar-refractivity contribution < 1.29 is 4.42 Å². The molecule has 1 aliphatic heterocycles. The van der Waals surface area contributed by atoms with Crippen LogP contribution in [-0.2, 0) is 13.1 Å². The van der Waals surface area contributed by atoms with E-state index in [1.807, 2.05) is 12.1 Å². The number of furan rings is 1. The lowest BCUT2D eigenvalue weighted by Crippen LogP contribution is -2.45. The molecule has 2 heterocycles. The lowest BCUT2D eigenvalue weighted by Gasteiger charge is -2.34. The Morgan fingerprint density at radius 3 is 2.21 bits per heavy atom. The highest BCUT2D eigenvalue weighted by Gasteiger charge is 2.18. The lowest BCUT2D eigenvalue weighted by molar-refractivity contribution is 0.116. The van der Waals surface area contributed by atoms with Gasteiger partial charge < -0.3 is 4.42 Å². The second-order valence-electron chi connectivity index (χ2n) is 6.43. The van der Waals surface area contributed by atoms with E-state index < -0.39 is 0 Å². The SMILES string of the molecule is [123I]c1ccc(CN2CCN(Cc3cc4ccccc4o3)CC2)cc1. The maximum atomic E-state index is 5.95. The lowest BCUT2D eigenvalue weighted by atomic mass is 10.2. The molecule has 1 fully saturated rings. The maximum absolute atomic E-state index is 5.95. The molecule has 0 unspecified atom stereocenters. The van der Waals surface area contributed by atoms with Gasteiger partial charge in [-0.25, -0.2) is 0 Å². The largest absolute Gasteiger partial charge is 0.460 e. The van der Waals surface area contributed by atoms with Crippen molar-refractivity contribution in [2.24, 2.45) is 0 Å². The predicted molar refractivity (Wildman–Crippen MR) is 106 cm³/mol. The molecular formula is C20H21IN2O. The first kappa shape index (κ1) is 16.1. The minimum atomic E-state index is 0.909. The molecule has 0 radical (unpaired) electrons. The quantitative estimate of drug-likeness (QED) is 0.576. The summed E-state index contributed by atoms with van der Waals surface area (Å²) < 4.78 is 7.25. The Bertz CT molecular complexity index is 771. The number of halogens is 1. The van der Waals surface area contributed by atoms with Crippen LogP contribution in [0, 0.1) is 3.57 Å². The third-order valence-corrected chi connectivity index (χ3v) is 5.36. The highest BCUT2D eigenvalue weighted by atomic mass is 123. The van der Waals surface area contributed by atoms with Crippen molar-refractivity contribution in [2.45, 2.75) is 13.1 Å². The average Bonchev–Trinajstić information content (AvgIpc) is 3.01. The summed E-state index contributed by atoms with van der Waals surface area (Å²) in [4.78, 5) is 5.03. The molecule has 0 N–H and O–H groups in total. The normalized spacial score (nSPS) is 16.7. The minimum Gasteiger partial charge on any atom is -0.460 e. The first-order valence-electron chi connectivity index (χ1n) is 8.43. The fourth-order valence-corrected chi connectivity index (χ4v) is 3.65. The number of nitrogens with zero attached hydrogens (tertiary/aromatic N) is 2.